The molecule has 0 bridgehead atoms. The second-order valence-electron chi connectivity index (χ2n) is 5.71. The van der Waals surface area contributed by atoms with Crippen LogP contribution in [0.3, 0.4) is 0 Å². The monoisotopic (exact) mass is 326 g/mol. The first-order valence-corrected chi connectivity index (χ1v) is 8.11. The van der Waals surface area contributed by atoms with Crippen LogP contribution >= 0.6 is 11.6 Å². The van der Waals surface area contributed by atoms with Crippen LogP contribution in [0.4, 0.5) is 4.39 Å². The van der Waals surface area contributed by atoms with Crippen LogP contribution in [0.2, 0.25) is 5.02 Å². The van der Waals surface area contributed by atoms with Crippen molar-refractivity contribution in [3.63, 3.8) is 0 Å². The summed E-state index contributed by atoms with van der Waals surface area (Å²) in [5, 5.41) is 3.67. The molecule has 1 heterocycles. The van der Waals surface area contributed by atoms with Gasteiger partial charge in [-0.3, -0.25) is 4.90 Å². The molecule has 3 nitrogen and oxygen atoms in total. The Kier molecular flexibility index (Phi) is 6.24. The summed E-state index contributed by atoms with van der Waals surface area (Å²) in [5.74, 6) is -0.256. The van der Waals surface area contributed by atoms with Crippen molar-refractivity contribution in [1.29, 1.82) is 0 Å². The molecule has 2 rings (SSSR count). The number of piperazine rings is 1. The molecule has 122 valence electrons. The van der Waals surface area contributed by atoms with Crippen molar-refractivity contribution in [2.24, 2.45) is 0 Å². The zero-order chi connectivity index (χ0) is 16.1. The van der Waals surface area contributed by atoms with E-state index < -0.39 is 5.82 Å². The van der Waals surface area contributed by atoms with Crippen molar-refractivity contribution in [2.75, 3.05) is 32.8 Å². The molecule has 0 spiro atoms. The minimum absolute atomic E-state index is 0.0993. The first-order chi connectivity index (χ1) is 10.5. The van der Waals surface area contributed by atoms with Crippen LogP contribution in [-0.4, -0.2) is 37.7 Å². The second-order valence-corrected chi connectivity index (χ2v) is 6.12. The number of benzene rings is 1. The van der Waals surface area contributed by atoms with E-state index >= 15 is 0 Å². The number of ether oxygens (including phenoxy) is 1. The molecule has 1 saturated heterocycles. The molecule has 0 aliphatic carbocycles. The Balaban J connectivity index is 2.32. The van der Waals surface area contributed by atoms with Gasteiger partial charge >= 0.3 is 0 Å². The van der Waals surface area contributed by atoms with Crippen LogP contribution in [0, 0.1) is 5.82 Å². The van der Waals surface area contributed by atoms with Crippen LogP contribution in [0.1, 0.15) is 31.9 Å². The van der Waals surface area contributed by atoms with Crippen LogP contribution < -0.4 is 10.1 Å². The molecule has 1 N–H and O–H groups in total. The van der Waals surface area contributed by atoms with E-state index in [1.54, 1.807) is 6.07 Å². The SMILES string of the molecule is C=C(C)C[C@H](c1cc(F)c(OCC)c(Cl)c1)N1CCNCC1. The maximum Gasteiger partial charge on any atom is 0.173 e. The van der Waals surface area contributed by atoms with E-state index in [1.165, 1.54) is 0 Å². The van der Waals surface area contributed by atoms with Crippen molar-refractivity contribution >= 4 is 11.6 Å². The number of nitrogens with zero attached hydrogens (tertiary/aromatic N) is 1. The molecule has 1 aliphatic rings. The molecule has 5 heteroatoms. The summed E-state index contributed by atoms with van der Waals surface area (Å²) in [4.78, 5) is 2.36. The molecule has 0 amide bonds. The van der Waals surface area contributed by atoms with Gasteiger partial charge in [-0.25, -0.2) is 4.39 Å². The number of hydrogen-bond acceptors (Lipinski definition) is 3. The van der Waals surface area contributed by atoms with Gasteiger partial charge in [-0.15, -0.1) is 6.58 Å². The van der Waals surface area contributed by atoms with E-state index in [4.69, 9.17) is 16.3 Å². The summed E-state index contributed by atoms with van der Waals surface area (Å²) >= 11 is 6.21. The third-order valence-electron chi connectivity index (χ3n) is 3.83. The van der Waals surface area contributed by atoms with Crippen molar-refractivity contribution in [2.45, 2.75) is 26.3 Å². The van der Waals surface area contributed by atoms with E-state index in [0.29, 0.717) is 11.6 Å². The zero-order valence-electron chi connectivity index (χ0n) is 13.3. The zero-order valence-corrected chi connectivity index (χ0v) is 14.0. The summed E-state index contributed by atoms with van der Waals surface area (Å²) < 4.78 is 19.6. The van der Waals surface area contributed by atoms with Crippen LogP contribution in [0.5, 0.6) is 5.75 Å². The molecule has 1 aromatic carbocycles. The first-order valence-electron chi connectivity index (χ1n) is 7.73. The van der Waals surface area contributed by atoms with Gasteiger partial charge in [0.05, 0.1) is 11.6 Å². The normalized spacial score (nSPS) is 17.3. The highest BCUT2D eigenvalue weighted by molar-refractivity contribution is 6.32. The van der Waals surface area contributed by atoms with Gasteiger partial charge in [0.1, 0.15) is 0 Å². The highest BCUT2D eigenvalue weighted by Crippen LogP contribution is 2.35. The molecule has 22 heavy (non-hydrogen) atoms. The largest absolute Gasteiger partial charge is 0.489 e. The first kappa shape index (κ1) is 17.3. The van der Waals surface area contributed by atoms with E-state index in [0.717, 1.165) is 43.7 Å². The Morgan fingerprint density at radius 1 is 1.45 bits per heavy atom. The molecule has 0 aromatic heterocycles. The van der Waals surface area contributed by atoms with Gasteiger partial charge in [-0.2, -0.15) is 0 Å². The molecule has 1 atom stereocenters. The molecule has 0 unspecified atom stereocenters. The lowest BCUT2D eigenvalue weighted by Gasteiger charge is -2.35. The van der Waals surface area contributed by atoms with Crippen molar-refractivity contribution in [3.05, 3.63) is 40.7 Å². The fourth-order valence-corrected chi connectivity index (χ4v) is 3.11. The lowest BCUT2D eigenvalue weighted by atomic mass is 9.97. The Hall–Kier alpha value is -1.10. The van der Waals surface area contributed by atoms with E-state index in [1.807, 2.05) is 19.9 Å². The molecule has 1 aromatic rings. The number of rotatable bonds is 6. The van der Waals surface area contributed by atoms with Gasteiger partial charge in [-0.05, 0) is 38.0 Å². The average molecular weight is 327 g/mol. The third kappa shape index (κ3) is 4.22. The van der Waals surface area contributed by atoms with Gasteiger partial charge in [0.15, 0.2) is 11.6 Å². The maximum atomic E-state index is 14.3. The highest BCUT2D eigenvalue weighted by atomic mass is 35.5. The average Bonchev–Trinajstić information content (AvgIpc) is 2.49. The summed E-state index contributed by atoms with van der Waals surface area (Å²) in [7, 11) is 0. The van der Waals surface area contributed by atoms with E-state index in [-0.39, 0.29) is 11.8 Å². The third-order valence-corrected chi connectivity index (χ3v) is 4.11. The maximum absolute atomic E-state index is 14.3. The van der Waals surface area contributed by atoms with Gasteiger partial charge in [0.2, 0.25) is 0 Å². The minimum Gasteiger partial charge on any atom is -0.489 e. The van der Waals surface area contributed by atoms with Crippen molar-refractivity contribution in [3.8, 4) is 5.75 Å². The molecule has 1 aliphatic heterocycles. The minimum atomic E-state index is -0.397. The standard InChI is InChI=1S/C17H24ClFN2O/c1-4-22-17-14(18)10-13(11-15(17)19)16(9-12(2)3)21-7-5-20-6-8-21/h10-11,16,20H,2,4-9H2,1,3H3/t16-/m1/s1. The molecule has 1 fully saturated rings. The molecule has 0 radical (unpaired) electrons. The Morgan fingerprint density at radius 2 is 2.14 bits per heavy atom. The number of nitrogens with one attached hydrogen (secondary N) is 1. The quantitative estimate of drug-likeness (QED) is 0.805. The number of halogens is 2. The molecule has 0 saturated carbocycles. The topological polar surface area (TPSA) is 24.5 Å². The highest BCUT2D eigenvalue weighted by Gasteiger charge is 2.24. The van der Waals surface area contributed by atoms with Crippen LogP contribution in [0.15, 0.2) is 24.3 Å². The van der Waals surface area contributed by atoms with Crippen molar-refractivity contribution < 1.29 is 9.13 Å². The lowest BCUT2D eigenvalue weighted by Crippen LogP contribution is -2.45. The summed E-state index contributed by atoms with van der Waals surface area (Å²) in [6.07, 6.45) is 0.795. The smallest absolute Gasteiger partial charge is 0.173 e. The molecular formula is C17H24ClFN2O. The Bertz CT molecular complexity index is 506. The molecular weight excluding hydrogens is 303 g/mol. The second kappa shape index (κ2) is 7.95. The van der Waals surface area contributed by atoms with E-state index in [9.17, 15) is 4.39 Å². The van der Waals surface area contributed by atoms with Crippen molar-refractivity contribution in [1.82, 2.24) is 10.2 Å². The lowest BCUT2D eigenvalue weighted by molar-refractivity contribution is 0.172. The summed E-state index contributed by atoms with van der Waals surface area (Å²) in [5.41, 5.74) is 1.96. The van der Waals surface area contributed by atoms with Gasteiger partial charge in [0, 0.05) is 32.2 Å². The number of hydrogen-bond donors (Lipinski definition) is 1. The summed E-state index contributed by atoms with van der Waals surface area (Å²) in [6, 6.07) is 3.47. The fourth-order valence-electron chi connectivity index (χ4n) is 2.84. The Labute approximate surface area is 137 Å². The van der Waals surface area contributed by atoms with Gasteiger partial charge < -0.3 is 10.1 Å². The van der Waals surface area contributed by atoms with Crippen LogP contribution in [0.25, 0.3) is 0 Å². The van der Waals surface area contributed by atoms with Gasteiger partial charge in [0.25, 0.3) is 0 Å². The predicted octanol–water partition coefficient (Wildman–Crippen LogP) is 3.79. The summed E-state index contributed by atoms with van der Waals surface area (Å²) in [6.45, 7) is 12.0. The van der Waals surface area contributed by atoms with Crippen LogP contribution in [-0.2, 0) is 0 Å². The van der Waals surface area contributed by atoms with Gasteiger partial charge in [-0.1, -0.05) is 17.2 Å². The fraction of sp³-hybridized carbons (Fsp3) is 0.529. The van der Waals surface area contributed by atoms with E-state index in [2.05, 4.69) is 16.8 Å². The predicted molar refractivity (Wildman–Crippen MR) is 89.2 cm³/mol. The Morgan fingerprint density at radius 3 is 2.68 bits per heavy atom.